The maximum atomic E-state index is 12.3. The van der Waals surface area contributed by atoms with E-state index in [4.69, 9.17) is 0 Å². The van der Waals surface area contributed by atoms with Crippen LogP contribution in [0.3, 0.4) is 0 Å². The molecule has 6 heteroatoms. The van der Waals surface area contributed by atoms with Crippen molar-refractivity contribution in [1.29, 1.82) is 0 Å². The summed E-state index contributed by atoms with van der Waals surface area (Å²) >= 11 is 1.64. The predicted molar refractivity (Wildman–Crippen MR) is 93.8 cm³/mol. The lowest BCUT2D eigenvalue weighted by Gasteiger charge is -2.21. The van der Waals surface area contributed by atoms with Gasteiger partial charge in [0, 0.05) is 23.2 Å². The summed E-state index contributed by atoms with van der Waals surface area (Å²) in [6.07, 6.45) is 0.884. The molecule has 2 heterocycles. The highest BCUT2D eigenvalue weighted by Crippen LogP contribution is 2.27. The lowest BCUT2D eigenvalue weighted by atomic mass is 9.88. The smallest absolute Gasteiger partial charge is 0.231 e. The summed E-state index contributed by atoms with van der Waals surface area (Å²) in [5.74, 6) is 0.0877. The zero-order valence-electron chi connectivity index (χ0n) is 12.7. The third kappa shape index (κ3) is 3.48. The van der Waals surface area contributed by atoms with Gasteiger partial charge in [-0.1, -0.05) is 12.1 Å². The molecular weight excluding hydrogens is 318 g/mol. The Labute approximate surface area is 140 Å². The molecule has 1 atom stereocenters. The van der Waals surface area contributed by atoms with Gasteiger partial charge in [0.1, 0.15) is 0 Å². The van der Waals surface area contributed by atoms with Crippen molar-refractivity contribution in [2.75, 3.05) is 18.4 Å². The molecule has 1 aliphatic heterocycles. The van der Waals surface area contributed by atoms with Crippen LogP contribution in [0.4, 0.5) is 5.69 Å². The number of anilines is 1. The third-order valence-corrected chi connectivity index (χ3v) is 4.75. The second kappa shape index (κ2) is 6.77. The molecule has 1 unspecified atom stereocenters. The van der Waals surface area contributed by atoms with E-state index < -0.39 is 0 Å². The number of halogens is 1. The molecule has 1 fully saturated rings. The van der Waals surface area contributed by atoms with E-state index in [0.717, 1.165) is 41.5 Å². The standard InChI is InChI=1S/C16H19N3OS.ClH/c1-11-18-14(9-21-11)12-3-5-13(6-4-12)19-15(20)16(2)7-8-17-10-16;/h3-6,9,17H,7-8,10H2,1-2H3,(H,19,20);1H. The fraction of sp³-hybridized carbons (Fsp3) is 0.375. The minimum Gasteiger partial charge on any atom is -0.326 e. The second-order valence-corrected chi connectivity index (χ2v) is 6.83. The molecular formula is C16H20ClN3OS. The van der Waals surface area contributed by atoms with Crippen LogP contribution in [0.15, 0.2) is 29.6 Å². The summed E-state index contributed by atoms with van der Waals surface area (Å²) < 4.78 is 0. The van der Waals surface area contributed by atoms with Gasteiger partial charge >= 0.3 is 0 Å². The lowest BCUT2D eigenvalue weighted by molar-refractivity contribution is -0.123. The molecule has 3 rings (SSSR count). The largest absolute Gasteiger partial charge is 0.326 e. The Bertz CT molecular complexity index is 648. The summed E-state index contributed by atoms with van der Waals surface area (Å²) in [6, 6.07) is 7.87. The molecule has 4 nitrogen and oxygen atoms in total. The van der Waals surface area contributed by atoms with E-state index in [1.165, 1.54) is 0 Å². The first kappa shape index (κ1) is 16.9. The Hall–Kier alpha value is -1.43. The monoisotopic (exact) mass is 337 g/mol. The van der Waals surface area contributed by atoms with Gasteiger partial charge < -0.3 is 10.6 Å². The molecule has 0 spiro atoms. The highest BCUT2D eigenvalue weighted by atomic mass is 35.5. The van der Waals surface area contributed by atoms with Crippen molar-refractivity contribution in [3.05, 3.63) is 34.7 Å². The molecule has 22 heavy (non-hydrogen) atoms. The Morgan fingerprint density at radius 1 is 1.36 bits per heavy atom. The van der Waals surface area contributed by atoms with Crippen LogP contribution < -0.4 is 10.6 Å². The maximum Gasteiger partial charge on any atom is 0.231 e. The number of aromatic nitrogens is 1. The fourth-order valence-electron chi connectivity index (χ4n) is 2.51. The molecule has 0 aliphatic carbocycles. The molecule has 2 aromatic rings. The highest BCUT2D eigenvalue weighted by molar-refractivity contribution is 7.09. The highest BCUT2D eigenvalue weighted by Gasteiger charge is 2.36. The molecule has 1 saturated heterocycles. The summed E-state index contributed by atoms with van der Waals surface area (Å²) in [7, 11) is 0. The number of rotatable bonds is 3. The molecule has 118 valence electrons. The number of thiazole rings is 1. The molecule has 1 aliphatic rings. The van der Waals surface area contributed by atoms with Crippen molar-refractivity contribution in [1.82, 2.24) is 10.3 Å². The van der Waals surface area contributed by atoms with E-state index in [9.17, 15) is 4.79 Å². The van der Waals surface area contributed by atoms with E-state index in [1.54, 1.807) is 11.3 Å². The number of aryl methyl sites for hydroxylation is 1. The van der Waals surface area contributed by atoms with E-state index in [1.807, 2.05) is 43.5 Å². The van der Waals surface area contributed by atoms with Crippen LogP contribution in [0.5, 0.6) is 0 Å². The first-order chi connectivity index (χ1) is 10.1. The number of nitrogens with one attached hydrogen (secondary N) is 2. The van der Waals surface area contributed by atoms with Gasteiger partial charge in [0.25, 0.3) is 0 Å². The second-order valence-electron chi connectivity index (χ2n) is 5.77. The van der Waals surface area contributed by atoms with Crippen molar-refractivity contribution < 1.29 is 4.79 Å². The molecule has 1 amide bonds. The minimum atomic E-state index is -0.301. The van der Waals surface area contributed by atoms with Crippen LogP contribution in [0.1, 0.15) is 18.4 Å². The molecule has 1 aromatic heterocycles. The third-order valence-electron chi connectivity index (χ3n) is 3.97. The van der Waals surface area contributed by atoms with Gasteiger partial charge in [-0.25, -0.2) is 4.98 Å². The van der Waals surface area contributed by atoms with Gasteiger partial charge in [0.15, 0.2) is 0 Å². The van der Waals surface area contributed by atoms with Crippen molar-refractivity contribution in [2.24, 2.45) is 5.41 Å². The first-order valence-electron chi connectivity index (χ1n) is 7.12. The van der Waals surface area contributed by atoms with Crippen molar-refractivity contribution in [3.8, 4) is 11.3 Å². The summed E-state index contributed by atoms with van der Waals surface area (Å²) in [6.45, 7) is 5.66. The number of amides is 1. The molecule has 0 saturated carbocycles. The normalized spacial score (nSPS) is 20.5. The number of carbonyl (C=O) groups is 1. The zero-order chi connectivity index (χ0) is 14.9. The summed E-state index contributed by atoms with van der Waals surface area (Å²) in [4.78, 5) is 16.8. The van der Waals surface area contributed by atoms with Crippen molar-refractivity contribution in [3.63, 3.8) is 0 Å². The Kier molecular flexibility index (Phi) is 5.21. The topological polar surface area (TPSA) is 54.0 Å². The van der Waals surface area contributed by atoms with Crippen LogP contribution >= 0.6 is 23.7 Å². The molecule has 0 radical (unpaired) electrons. The first-order valence-corrected chi connectivity index (χ1v) is 8.00. The van der Waals surface area contributed by atoms with Gasteiger partial charge in [-0.05, 0) is 38.9 Å². The molecule has 0 bridgehead atoms. The van der Waals surface area contributed by atoms with Gasteiger partial charge in [-0.3, -0.25) is 4.79 Å². The van der Waals surface area contributed by atoms with E-state index >= 15 is 0 Å². The van der Waals surface area contributed by atoms with Crippen LogP contribution in [-0.2, 0) is 4.79 Å². The predicted octanol–water partition coefficient (Wildman–Crippen LogP) is 3.48. The lowest BCUT2D eigenvalue weighted by Crippen LogP contribution is -2.35. The fourth-order valence-corrected chi connectivity index (χ4v) is 3.14. The van der Waals surface area contributed by atoms with E-state index in [-0.39, 0.29) is 23.7 Å². The van der Waals surface area contributed by atoms with Gasteiger partial charge in [0.05, 0.1) is 16.1 Å². The van der Waals surface area contributed by atoms with Crippen molar-refractivity contribution in [2.45, 2.75) is 20.3 Å². The SMILES string of the molecule is Cc1nc(-c2ccc(NC(=O)C3(C)CCNC3)cc2)cs1.Cl. The van der Waals surface area contributed by atoms with Crippen LogP contribution in [-0.4, -0.2) is 24.0 Å². The van der Waals surface area contributed by atoms with E-state index in [0.29, 0.717) is 0 Å². The Balaban J connectivity index is 0.00000176. The average molecular weight is 338 g/mol. The zero-order valence-corrected chi connectivity index (χ0v) is 14.3. The minimum absolute atomic E-state index is 0. The number of hydrogen-bond donors (Lipinski definition) is 2. The van der Waals surface area contributed by atoms with Gasteiger partial charge in [-0.15, -0.1) is 23.7 Å². The van der Waals surface area contributed by atoms with Gasteiger partial charge in [-0.2, -0.15) is 0 Å². The van der Waals surface area contributed by atoms with Crippen molar-refractivity contribution >= 4 is 35.3 Å². The maximum absolute atomic E-state index is 12.3. The average Bonchev–Trinajstić information content (AvgIpc) is 3.09. The summed E-state index contributed by atoms with van der Waals surface area (Å²) in [5, 5.41) is 9.37. The summed E-state index contributed by atoms with van der Waals surface area (Å²) in [5.41, 5.74) is 2.60. The Morgan fingerprint density at radius 2 is 2.09 bits per heavy atom. The Morgan fingerprint density at radius 3 is 2.64 bits per heavy atom. The number of nitrogens with zero attached hydrogens (tertiary/aromatic N) is 1. The van der Waals surface area contributed by atoms with Crippen LogP contribution in [0.2, 0.25) is 0 Å². The van der Waals surface area contributed by atoms with Crippen LogP contribution in [0.25, 0.3) is 11.3 Å². The van der Waals surface area contributed by atoms with E-state index in [2.05, 4.69) is 15.6 Å². The molecule has 1 aromatic carbocycles. The quantitative estimate of drug-likeness (QED) is 0.901. The molecule has 2 N–H and O–H groups in total. The van der Waals surface area contributed by atoms with Gasteiger partial charge in [0.2, 0.25) is 5.91 Å². The number of benzene rings is 1. The number of carbonyl (C=O) groups excluding carboxylic acids is 1. The van der Waals surface area contributed by atoms with Crippen LogP contribution in [0, 0.1) is 12.3 Å². The number of hydrogen-bond acceptors (Lipinski definition) is 4.